The topological polar surface area (TPSA) is 127 Å². The summed E-state index contributed by atoms with van der Waals surface area (Å²) in [6.45, 7) is 0.376. The van der Waals surface area contributed by atoms with E-state index in [-0.39, 0.29) is 42.3 Å². The van der Waals surface area contributed by atoms with Crippen LogP contribution in [-0.2, 0) is 16.8 Å². The molecule has 35 heavy (non-hydrogen) atoms. The molecule has 2 heterocycles. The van der Waals surface area contributed by atoms with Crippen molar-refractivity contribution in [3.63, 3.8) is 0 Å². The quantitative estimate of drug-likeness (QED) is 0.379. The lowest BCUT2D eigenvalue weighted by Gasteiger charge is -2.40. The molecule has 0 unspecified atom stereocenters. The minimum atomic E-state index is -10.1. The molecule has 1 aliphatic rings. The fourth-order valence-electron chi connectivity index (χ4n) is 3.62. The smallest absolute Gasteiger partial charge is 0.310 e. The third-order valence-electron chi connectivity index (χ3n) is 5.44. The van der Waals surface area contributed by atoms with Crippen LogP contribution in [0.1, 0.15) is 24.1 Å². The van der Waals surface area contributed by atoms with E-state index in [1.54, 1.807) is 0 Å². The lowest BCUT2D eigenvalue weighted by molar-refractivity contribution is -0.120. The fourth-order valence-corrected chi connectivity index (χ4v) is 5.08. The van der Waals surface area contributed by atoms with Gasteiger partial charge in [-0.3, -0.25) is 9.48 Å². The number of halogens is 7. The number of nitriles is 1. The number of nitrogens with two attached hydrogens (primary N) is 1. The standard InChI is InChI=1S/C18H15Cl2F5N8OS/c19-11-5-10(35(21,22,23,24)25)6-12(20)15(11)33-16(29-3-4-32-9-28-8-30-32)14(13(7-26)31-33)18(1-2-18)17(27)34/h5-6,8-9,29H,1-4H2,(H2,27,34). The SMILES string of the molecule is N#Cc1nn(-c2c(Cl)cc(S(F)(F)(F)(F)F)cc2Cl)c(NCCn2cncn2)c1C1(C(N)=O)CC1. The Morgan fingerprint density at radius 3 is 2.31 bits per heavy atom. The third kappa shape index (κ3) is 4.60. The van der Waals surface area contributed by atoms with Gasteiger partial charge in [-0.2, -0.15) is 15.5 Å². The highest BCUT2D eigenvalue weighted by atomic mass is 35.5. The van der Waals surface area contributed by atoms with Crippen molar-refractivity contribution in [1.82, 2.24) is 24.5 Å². The van der Waals surface area contributed by atoms with Crippen LogP contribution < -0.4 is 11.1 Å². The van der Waals surface area contributed by atoms with Crippen molar-refractivity contribution < 1.29 is 24.2 Å². The molecule has 188 valence electrons. The third-order valence-corrected chi connectivity index (χ3v) is 7.14. The number of anilines is 1. The van der Waals surface area contributed by atoms with Crippen molar-refractivity contribution in [3.8, 4) is 11.8 Å². The predicted molar refractivity (Wildman–Crippen MR) is 118 cm³/mol. The van der Waals surface area contributed by atoms with Gasteiger partial charge in [0.05, 0.1) is 22.0 Å². The van der Waals surface area contributed by atoms with Crippen LogP contribution in [0.3, 0.4) is 0 Å². The van der Waals surface area contributed by atoms with Crippen LogP contribution in [0.25, 0.3) is 5.69 Å². The average Bonchev–Trinajstić information content (AvgIpc) is 3.21. The first-order valence-electron chi connectivity index (χ1n) is 9.71. The molecule has 3 aromatic rings. The van der Waals surface area contributed by atoms with Crippen molar-refractivity contribution in [1.29, 1.82) is 5.26 Å². The molecule has 2 aromatic heterocycles. The number of hydrogen-bond donors (Lipinski definition) is 2. The van der Waals surface area contributed by atoms with Crippen LogP contribution in [0.5, 0.6) is 0 Å². The molecule has 0 spiro atoms. The Balaban J connectivity index is 1.89. The van der Waals surface area contributed by atoms with Gasteiger partial charge in [0, 0.05) is 12.1 Å². The lowest BCUT2D eigenvalue weighted by Crippen LogP contribution is -2.30. The first kappa shape index (κ1) is 25.0. The molecule has 4 rings (SSSR count). The first-order chi connectivity index (χ1) is 16.1. The summed E-state index contributed by atoms with van der Waals surface area (Å²) in [4.78, 5) is 13.8. The number of aromatic nitrogens is 5. The minimum absolute atomic E-state index is 0.00172. The molecule has 1 saturated carbocycles. The summed E-state index contributed by atoms with van der Waals surface area (Å²) >= 11 is 12.0. The van der Waals surface area contributed by atoms with E-state index in [1.165, 1.54) is 17.3 Å². The molecule has 0 bridgehead atoms. The van der Waals surface area contributed by atoms with Crippen LogP contribution in [0.4, 0.5) is 25.2 Å². The van der Waals surface area contributed by atoms with Gasteiger partial charge in [0.1, 0.15) is 35.1 Å². The Morgan fingerprint density at radius 2 is 1.86 bits per heavy atom. The number of benzene rings is 1. The van der Waals surface area contributed by atoms with Gasteiger partial charge in [0.25, 0.3) is 0 Å². The highest BCUT2D eigenvalue weighted by molar-refractivity contribution is 8.45. The Labute approximate surface area is 204 Å². The summed E-state index contributed by atoms with van der Waals surface area (Å²) in [5, 5.41) is 19.0. The second kappa shape index (κ2) is 7.45. The molecule has 3 N–H and O–H groups in total. The zero-order chi connectivity index (χ0) is 25.9. The van der Waals surface area contributed by atoms with Gasteiger partial charge >= 0.3 is 10.2 Å². The average molecular weight is 557 g/mol. The molecule has 0 atom stereocenters. The highest BCUT2D eigenvalue weighted by Gasteiger charge is 2.65. The molecule has 1 aromatic carbocycles. The van der Waals surface area contributed by atoms with E-state index in [0.29, 0.717) is 12.8 Å². The summed E-state index contributed by atoms with van der Waals surface area (Å²) in [6.07, 6.45) is 3.32. The summed E-state index contributed by atoms with van der Waals surface area (Å²) in [7, 11) is -10.1. The lowest BCUT2D eigenvalue weighted by atomic mass is 9.94. The summed E-state index contributed by atoms with van der Waals surface area (Å²) in [6, 6.07) is 1.91. The van der Waals surface area contributed by atoms with E-state index in [2.05, 4.69) is 20.5 Å². The maximum Gasteiger partial charge on any atom is 0.310 e. The molecule has 9 nitrogen and oxygen atoms in total. The zero-order valence-corrected chi connectivity index (χ0v) is 19.7. The number of amides is 1. The van der Waals surface area contributed by atoms with E-state index < -0.39 is 42.2 Å². The monoisotopic (exact) mass is 556 g/mol. The number of nitrogens with zero attached hydrogens (tertiary/aromatic N) is 6. The van der Waals surface area contributed by atoms with Gasteiger partial charge in [0.2, 0.25) is 5.91 Å². The fraction of sp³-hybridized carbons (Fsp3) is 0.278. The van der Waals surface area contributed by atoms with Crippen molar-refractivity contribution >= 4 is 45.2 Å². The van der Waals surface area contributed by atoms with Crippen LogP contribution in [0, 0.1) is 11.3 Å². The summed E-state index contributed by atoms with van der Waals surface area (Å²) in [5.41, 5.74) is 3.78. The van der Waals surface area contributed by atoms with E-state index in [4.69, 9.17) is 28.9 Å². The van der Waals surface area contributed by atoms with Crippen molar-refractivity contribution in [2.45, 2.75) is 29.7 Å². The van der Waals surface area contributed by atoms with Crippen LogP contribution in [0.2, 0.25) is 10.0 Å². The Kier molecular flexibility index (Phi) is 5.33. The number of carbonyl (C=O) groups is 1. The zero-order valence-electron chi connectivity index (χ0n) is 17.4. The minimum Gasteiger partial charge on any atom is -0.369 e. The number of rotatable bonds is 8. The second-order valence-corrected chi connectivity index (χ2v) is 11.1. The first-order valence-corrected chi connectivity index (χ1v) is 12.4. The van der Waals surface area contributed by atoms with Gasteiger partial charge in [-0.15, -0.1) is 0 Å². The van der Waals surface area contributed by atoms with Crippen LogP contribution in [0.15, 0.2) is 29.7 Å². The summed E-state index contributed by atoms with van der Waals surface area (Å²) < 4.78 is 69.1. The number of primary amides is 1. The maximum absolute atomic E-state index is 13.3. The highest BCUT2D eigenvalue weighted by Crippen LogP contribution is 3.02. The largest absolute Gasteiger partial charge is 0.369 e. The predicted octanol–water partition coefficient (Wildman–Crippen LogP) is 4.93. The maximum atomic E-state index is 13.3. The molecule has 1 aliphatic carbocycles. The normalized spacial score (nSPS) is 16.7. The Bertz CT molecular complexity index is 1360. The van der Waals surface area contributed by atoms with E-state index >= 15 is 0 Å². The van der Waals surface area contributed by atoms with Gasteiger partial charge in [-0.1, -0.05) is 42.6 Å². The molecular weight excluding hydrogens is 542 g/mol. The molecule has 0 saturated heterocycles. The van der Waals surface area contributed by atoms with Gasteiger partial charge in [-0.05, 0) is 25.0 Å². The molecule has 0 aliphatic heterocycles. The Hall–Kier alpha value is -3.09. The van der Waals surface area contributed by atoms with Crippen LogP contribution >= 0.6 is 33.4 Å². The van der Waals surface area contributed by atoms with Crippen molar-refractivity contribution in [3.05, 3.63) is 46.1 Å². The van der Waals surface area contributed by atoms with E-state index in [1.807, 2.05) is 6.07 Å². The molecule has 0 radical (unpaired) electrons. The van der Waals surface area contributed by atoms with Crippen molar-refractivity contribution in [2.75, 3.05) is 11.9 Å². The van der Waals surface area contributed by atoms with E-state index in [9.17, 15) is 29.5 Å². The second-order valence-electron chi connectivity index (χ2n) is 7.83. The van der Waals surface area contributed by atoms with E-state index in [0.717, 1.165) is 4.68 Å². The number of hydrogen-bond acceptors (Lipinski definition) is 6. The van der Waals surface area contributed by atoms with Gasteiger partial charge < -0.3 is 11.1 Å². The van der Waals surface area contributed by atoms with Gasteiger partial charge in [0.15, 0.2) is 5.69 Å². The van der Waals surface area contributed by atoms with Gasteiger partial charge in [-0.25, -0.2) is 9.67 Å². The van der Waals surface area contributed by atoms with Crippen molar-refractivity contribution in [2.24, 2.45) is 5.73 Å². The molecular formula is C18H15Cl2F5N8OS. The Morgan fingerprint density at radius 1 is 1.23 bits per heavy atom. The number of carbonyl (C=O) groups excluding carboxylic acids is 1. The molecule has 1 amide bonds. The number of nitrogens with one attached hydrogen (secondary N) is 1. The molecule has 1 fully saturated rings. The summed E-state index contributed by atoms with van der Waals surface area (Å²) in [5.74, 6) is -0.733. The van der Waals surface area contributed by atoms with Crippen LogP contribution in [-0.4, -0.2) is 37.0 Å². The molecule has 17 heteroatoms.